The predicted octanol–water partition coefficient (Wildman–Crippen LogP) is 2.58. The molecule has 0 bridgehead atoms. The summed E-state index contributed by atoms with van der Waals surface area (Å²) in [5.74, 6) is -0.495. The van der Waals surface area contributed by atoms with Crippen molar-refractivity contribution in [2.45, 2.75) is 33.2 Å². The van der Waals surface area contributed by atoms with Gasteiger partial charge in [-0.05, 0) is 31.9 Å². The number of ether oxygens (including phenoxy) is 3. The number of esters is 1. The van der Waals surface area contributed by atoms with E-state index in [4.69, 9.17) is 14.2 Å². The van der Waals surface area contributed by atoms with Crippen LogP contribution in [0.2, 0.25) is 0 Å². The highest BCUT2D eigenvalue weighted by molar-refractivity contribution is 5.95. The number of amides is 2. The van der Waals surface area contributed by atoms with Crippen molar-refractivity contribution in [1.29, 1.82) is 0 Å². The van der Waals surface area contributed by atoms with Crippen LogP contribution < -0.4 is 20.1 Å². The molecule has 0 aromatic heterocycles. The molecule has 152 valence electrons. The molecule has 10 heteroatoms. The molecule has 0 fully saturated rings. The first-order chi connectivity index (χ1) is 13.4. The zero-order valence-electron chi connectivity index (χ0n) is 16.2. The lowest BCUT2D eigenvalue weighted by atomic mass is 9.93. The van der Waals surface area contributed by atoms with E-state index in [9.17, 15) is 19.7 Å². The molecular weight excluding hydrogens is 370 g/mol. The van der Waals surface area contributed by atoms with Gasteiger partial charge in [-0.2, -0.15) is 0 Å². The van der Waals surface area contributed by atoms with Gasteiger partial charge in [-0.15, -0.1) is 0 Å². The lowest BCUT2D eigenvalue weighted by Gasteiger charge is -2.29. The number of hydrogen-bond acceptors (Lipinski definition) is 7. The first-order valence-electron chi connectivity index (χ1n) is 8.84. The van der Waals surface area contributed by atoms with Gasteiger partial charge in [0.2, 0.25) is 5.75 Å². The molecule has 1 aromatic rings. The second-order valence-corrected chi connectivity index (χ2v) is 5.76. The third-order valence-electron chi connectivity index (χ3n) is 4.09. The average molecular weight is 393 g/mol. The van der Waals surface area contributed by atoms with Crippen LogP contribution in [-0.4, -0.2) is 37.2 Å². The van der Waals surface area contributed by atoms with Crippen molar-refractivity contribution in [3.05, 3.63) is 39.1 Å². The highest BCUT2D eigenvalue weighted by Gasteiger charge is 2.35. The van der Waals surface area contributed by atoms with Gasteiger partial charge in [-0.1, -0.05) is 6.92 Å². The lowest BCUT2D eigenvalue weighted by molar-refractivity contribution is -0.386. The molecule has 28 heavy (non-hydrogen) atoms. The molecule has 0 saturated heterocycles. The molecule has 2 amide bonds. The first kappa shape index (κ1) is 21.0. The highest BCUT2D eigenvalue weighted by Crippen LogP contribution is 2.42. The number of benzene rings is 1. The lowest BCUT2D eigenvalue weighted by Crippen LogP contribution is -2.45. The maximum Gasteiger partial charge on any atom is 0.337 e. The van der Waals surface area contributed by atoms with Crippen molar-refractivity contribution in [2.75, 3.05) is 20.3 Å². The van der Waals surface area contributed by atoms with Gasteiger partial charge >= 0.3 is 17.7 Å². The van der Waals surface area contributed by atoms with Crippen molar-refractivity contribution in [2.24, 2.45) is 0 Å². The van der Waals surface area contributed by atoms with Gasteiger partial charge in [0, 0.05) is 11.8 Å². The number of nitro groups is 1. The fraction of sp³-hybridized carbons (Fsp3) is 0.444. The van der Waals surface area contributed by atoms with Crippen LogP contribution in [0, 0.1) is 10.1 Å². The van der Waals surface area contributed by atoms with Gasteiger partial charge in [0.15, 0.2) is 5.75 Å². The highest BCUT2D eigenvalue weighted by atomic mass is 16.6. The zero-order valence-corrected chi connectivity index (χ0v) is 16.2. The molecule has 1 atom stereocenters. The number of methoxy groups -OCH3 is 1. The quantitative estimate of drug-likeness (QED) is 0.394. The van der Waals surface area contributed by atoms with Crippen LogP contribution in [0.3, 0.4) is 0 Å². The maximum atomic E-state index is 12.4. The number of carbonyl (C=O) groups excluding carboxylic acids is 2. The Hall–Kier alpha value is -3.30. The Balaban J connectivity index is 2.71. The number of nitro benzene ring substituents is 1. The second-order valence-electron chi connectivity index (χ2n) is 5.76. The van der Waals surface area contributed by atoms with E-state index in [0.717, 1.165) is 0 Å². The van der Waals surface area contributed by atoms with Gasteiger partial charge in [0.1, 0.15) is 0 Å². The first-order valence-corrected chi connectivity index (χ1v) is 8.84. The summed E-state index contributed by atoms with van der Waals surface area (Å²) in [5.41, 5.74) is 0.540. The molecule has 10 nitrogen and oxygen atoms in total. The van der Waals surface area contributed by atoms with Crippen LogP contribution in [0.5, 0.6) is 11.5 Å². The Labute approximate surface area is 162 Å². The maximum absolute atomic E-state index is 12.4. The smallest absolute Gasteiger partial charge is 0.337 e. The third kappa shape index (κ3) is 4.16. The van der Waals surface area contributed by atoms with E-state index in [1.54, 1.807) is 20.8 Å². The van der Waals surface area contributed by atoms with Crippen molar-refractivity contribution >= 4 is 17.7 Å². The Morgan fingerprint density at radius 1 is 1.21 bits per heavy atom. The van der Waals surface area contributed by atoms with Gasteiger partial charge < -0.3 is 24.8 Å². The molecule has 1 aliphatic rings. The number of hydrogen-bond donors (Lipinski definition) is 2. The third-order valence-corrected chi connectivity index (χ3v) is 4.09. The fourth-order valence-corrected chi connectivity index (χ4v) is 2.96. The fourth-order valence-electron chi connectivity index (χ4n) is 2.96. The largest absolute Gasteiger partial charge is 0.490 e. The molecule has 0 saturated carbocycles. The van der Waals surface area contributed by atoms with E-state index in [-0.39, 0.29) is 36.0 Å². The Kier molecular flexibility index (Phi) is 6.80. The minimum absolute atomic E-state index is 0.00215. The number of nitrogens with one attached hydrogen (secondary N) is 2. The summed E-state index contributed by atoms with van der Waals surface area (Å²) < 4.78 is 15.8. The van der Waals surface area contributed by atoms with Crippen LogP contribution >= 0.6 is 0 Å². The van der Waals surface area contributed by atoms with Crippen molar-refractivity contribution in [1.82, 2.24) is 10.6 Å². The van der Waals surface area contributed by atoms with Crippen molar-refractivity contribution in [3.63, 3.8) is 0 Å². The van der Waals surface area contributed by atoms with Crippen LogP contribution in [0.4, 0.5) is 10.5 Å². The summed E-state index contributed by atoms with van der Waals surface area (Å²) in [5, 5.41) is 16.8. The summed E-state index contributed by atoms with van der Waals surface area (Å²) in [6, 6.07) is 1.32. The topological polar surface area (TPSA) is 129 Å². The molecule has 2 N–H and O–H groups in total. The van der Waals surface area contributed by atoms with E-state index in [2.05, 4.69) is 10.6 Å². The normalized spacial score (nSPS) is 16.1. The van der Waals surface area contributed by atoms with E-state index < -0.39 is 23.0 Å². The Morgan fingerprint density at radius 3 is 2.43 bits per heavy atom. The SMILES string of the molecule is CCOc1cc(C2NC(=O)NC(CC)=C2C(=O)OC)cc([N+](=O)[O-])c1OCC. The second kappa shape index (κ2) is 9.07. The molecule has 1 aromatic carbocycles. The molecule has 1 aliphatic heterocycles. The summed E-state index contributed by atoms with van der Waals surface area (Å²) >= 11 is 0. The summed E-state index contributed by atoms with van der Waals surface area (Å²) in [6.45, 7) is 5.66. The van der Waals surface area contributed by atoms with Gasteiger partial charge in [-0.3, -0.25) is 10.1 Å². The Morgan fingerprint density at radius 2 is 1.89 bits per heavy atom. The van der Waals surface area contributed by atoms with E-state index >= 15 is 0 Å². The van der Waals surface area contributed by atoms with E-state index in [0.29, 0.717) is 17.7 Å². The molecular formula is C18H23N3O7. The number of allylic oxidation sites excluding steroid dienone is 1. The van der Waals surface area contributed by atoms with Gasteiger partial charge in [0.05, 0.1) is 36.9 Å². The summed E-state index contributed by atoms with van der Waals surface area (Å²) in [4.78, 5) is 35.5. The number of urea groups is 1. The minimum Gasteiger partial charge on any atom is -0.490 e. The van der Waals surface area contributed by atoms with E-state index in [1.807, 2.05) is 0 Å². The zero-order chi connectivity index (χ0) is 20.8. The predicted molar refractivity (Wildman–Crippen MR) is 99.2 cm³/mol. The molecule has 1 unspecified atom stereocenters. The van der Waals surface area contributed by atoms with Crippen LogP contribution in [0.15, 0.2) is 23.4 Å². The average Bonchev–Trinajstić information content (AvgIpc) is 2.67. The molecule has 0 spiro atoms. The molecule has 1 heterocycles. The standard InChI is InChI=1S/C18H23N3O7/c1-5-11-14(17(22)26-4)15(20-18(23)19-11)10-8-12(21(24)25)16(28-7-3)13(9-10)27-6-2/h8-9,15H,5-7H2,1-4H3,(H2,19,20,23). The summed E-state index contributed by atoms with van der Waals surface area (Å²) in [7, 11) is 1.22. The summed E-state index contributed by atoms with van der Waals surface area (Å²) in [6.07, 6.45) is 0.367. The number of nitrogens with zero attached hydrogens (tertiary/aromatic N) is 1. The monoisotopic (exact) mass is 393 g/mol. The minimum atomic E-state index is -0.940. The van der Waals surface area contributed by atoms with Crippen molar-refractivity contribution < 1.29 is 28.7 Å². The van der Waals surface area contributed by atoms with Gasteiger partial charge in [0.25, 0.3) is 0 Å². The van der Waals surface area contributed by atoms with Crippen molar-refractivity contribution in [3.8, 4) is 11.5 Å². The van der Waals surface area contributed by atoms with E-state index in [1.165, 1.54) is 19.2 Å². The molecule has 2 rings (SSSR count). The van der Waals surface area contributed by atoms with Gasteiger partial charge in [-0.25, -0.2) is 9.59 Å². The number of rotatable bonds is 8. The van der Waals surface area contributed by atoms with Crippen LogP contribution in [-0.2, 0) is 9.53 Å². The Bertz CT molecular complexity index is 820. The molecule has 0 radical (unpaired) electrons. The number of carbonyl (C=O) groups is 2. The van der Waals surface area contributed by atoms with Crippen LogP contribution in [0.25, 0.3) is 0 Å². The molecule has 0 aliphatic carbocycles. The van der Waals surface area contributed by atoms with Crippen LogP contribution in [0.1, 0.15) is 38.8 Å².